The number of β-amino-alcohol motifs (C(OH)–C–C–N with tert-alkyl or cyclic N) is 1. The summed E-state index contributed by atoms with van der Waals surface area (Å²) >= 11 is 0. The summed E-state index contributed by atoms with van der Waals surface area (Å²) in [4.78, 5) is 14.3. The maximum atomic E-state index is 12.4. The molecule has 1 aliphatic carbocycles. The number of nitrogens with zero attached hydrogens (tertiary/aromatic N) is 1. The van der Waals surface area contributed by atoms with Crippen molar-refractivity contribution in [3.63, 3.8) is 0 Å². The molecule has 2 aliphatic rings. The van der Waals surface area contributed by atoms with Gasteiger partial charge in [-0.1, -0.05) is 31.5 Å². The summed E-state index contributed by atoms with van der Waals surface area (Å²) in [7, 11) is -3.45. The number of likely N-dealkylation sites (tertiary alicyclic amines) is 1. The second kappa shape index (κ2) is 6.48. The molecule has 1 amide bonds. The lowest BCUT2D eigenvalue weighted by Crippen LogP contribution is -2.48. The Morgan fingerprint density at radius 3 is 2.54 bits per heavy atom. The first-order valence-corrected chi connectivity index (χ1v) is 10.3. The van der Waals surface area contributed by atoms with Crippen LogP contribution in [0.15, 0.2) is 35.2 Å². The van der Waals surface area contributed by atoms with Crippen LogP contribution in [-0.2, 0) is 14.6 Å². The Morgan fingerprint density at radius 2 is 1.96 bits per heavy atom. The zero-order chi connectivity index (χ0) is 17.4. The molecule has 0 radical (unpaired) electrons. The predicted molar refractivity (Wildman–Crippen MR) is 91.1 cm³/mol. The minimum absolute atomic E-state index is 0.0370. The quantitative estimate of drug-likeness (QED) is 0.879. The number of hydrogen-bond acceptors (Lipinski definition) is 4. The fourth-order valence-corrected chi connectivity index (χ4v) is 5.02. The van der Waals surface area contributed by atoms with Crippen molar-refractivity contribution in [1.29, 1.82) is 0 Å². The number of carbonyl (C=O) groups excluding carboxylic acids is 1. The molecule has 2 fully saturated rings. The molecule has 132 valence electrons. The van der Waals surface area contributed by atoms with Gasteiger partial charge in [0.2, 0.25) is 5.91 Å². The number of carbonyl (C=O) groups is 1. The van der Waals surface area contributed by atoms with Crippen molar-refractivity contribution in [3.8, 4) is 0 Å². The van der Waals surface area contributed by atoms with Gasteiger partial charge < -0.3 is 10.0 Å². The van der Waals surface area contributed by atoms with E-state index < -0.39 is 15.4 Å². The van der Waals surface area contributed by atoms with Crippen LogP contribution in [-0.4, -0.2) is 48.8 Å². The Hall–Kier alpha value is -1.40. The Kier molecular flexibility index (Phi) is 4.71. The van der Waals surface area contributed by atoms with Gasteiger partial charge in [0.25, 0.3) is 0 Å². The molecule has 3 rings (SSSR count). The van der Waals surface area contributed by atoms with Gasteiger partial charge in [0, 0.05) is 25.4 Å². The zero-order valence-electron chi connectivity index (χ0n) is 14.0. The van der Waals surface area contributed by atoms with E-state index >= 15 is 0 Å². The highest BCUT2D eigenvalue weighted by Gasteiger charge is 2.50. The molecule has 2 atom stereocenters. The van der Waals surface area contributed by atoms with Crippen LogP contribution in [0, 0.1) is 11.8 Å². The van der Waals surface area contributed by atoms with Crippen molar-refractivity contribution in [3.05, 3.63) is 30.3 Å². The third kappa shape index (κ3) is 3.22. The third-order valence-electron chi connectivity index (χ3n) is 5.64. The van der Waals surface area contributed by atoms with Crippen LogP contribution < -0.4 is 0 Å². The molecule has 0 bridgehead atoms. The van der Waals surface area contributed by atoms with Crippen molar-refractivity contribution in [2.45, 2.75) is 43.1 Å². The van der Waals surface area contributed by atoms with Crippen LogP contribution in [0.3, 0.4) is 0 Å². The molecule has 1 N–H and O–H groups in total. The molecule has 1 saturated heterocycles. The van der Waals surface area contributed by atoms with Crippen molar-refractivity contribution in [1.82, 2.24) is 4.90 Å². The fourth-order valence-electron chi connectivity index (χ4n) is 3.77. The second-order valence-corrected chi connectivity index (χ2v) is 9.29. The molecule has 1 heterocycles. The van der Waals surface area contributed by atoms with E-state index in [2.05, 4.69) is 0 Å². The van der Waals surface area contributed by atoms with E-state index in [0.717, 1.165) is 19.3 Å². The molecular formula is C18H25NO4S. The summed E-state index contributed by atoms with van der Waals surface area (Å²) in [6, 6.07) is 8.21. The summed E-state index contributed by atoms with van der Waals surface area (Å²) in [5.41, 5.74) is -0.799. The minimum atomic E-state index is -3.45. The average Bonchev–Trinajstić information content (AvgIpc) is 2.80. The first-order chi connectivity index (χ1) is 11.3. The minimum Gasteiger partial charge on any atom is -0.387 e. The second-order valence-electron chi connectivity index (χ2n) is 7.18. The number of aliphatic hydroxyl groups is 1. The molecule has 1 aromatic rings. The van der Waals surface area contributed by atoms with E-state index in [4.69, 9.17) is 0 Å². The van der Waals surface area contributed by atoms with Crippen LogP contribution in [0.25, 0.3) is 0 Å². The van der Waals surface area contributed by atoms with Crippen LogP contribution in [0.4, 0.5) is 0 Å². The highest BCUT2D eigenvalue weighted by Crippen LogP contribution is 2.44. The average molecular weight is 351 g/mol. The topological polar surface area (TPSA) is 74.7 Å². The summed E-state index contributed by atoms with van der Waals surface area (Å²) in [6.07, 6.45) is 3.14. The van der Waals surface area contributed by atoms with Crippen LogP contribution in [0.2, 0.25) is 0 Å². The molecule has 2 unspecified atom stereocenters. The lowest BCUT2D eigenvalue weighted by atomic mass is 9.69. The monoisotopic (exact) mass is 351 g/mol. The van der Waals surface area contributed by atoms with Crippen molar-refractivity contribution in [2.24, 2.45) is 11.8 Å². The van der Waals surface area contributed by atoms with Crippen LogP contribution in [0.5, 0.6) is 0 Å². The highest BCUT2D eigenvalue weighted by atomic mass is 32.2. The number of rotatable bonds is 5. The van der Waals surface area contributed by atoms with E-state index in [1.807, 2.05) is 6.92 Å². The summed E-state index contributed by atoms with van der Waals surface area (Å²) in [5, 5.41) is 10.9. The molecule has 24 heavy (non-hydrogen) atoms. The van der Waals surface area contributed by atoms with Gasteiger partial charge in [-0.25, -0.2) is 8.42 Å². The van der Waals surface area contributed by atoms with E-state index in [0.29, 0.717) is 13.1 Å². The standard InChI is InChI=1S/C18H25NO4S/c1-14-12-19(13-18(14,21)15-6-5-7-15)17(20)10-11-24(22,23)16-8-3-2-4-9-16/h2-4,8-9,14-15,21H,5-7,10-13H2,1H3. The third-order valence-corrected chi connectivity index (χ3v) is 7.38. The van der Waals surface area contributed by atoms with Crippen LogP contribution >= 0.6 is 0 Å². The lowest BCUT2D eigenvalue weighted by Gasteiger charge is -2.41. The van der Waals surface area contributed by atoms with E-state index in [-0.39, 0.29) is 34.8 Å². The first kappa shape index (κ1) is 17.4. The van der Waals surface area contributed by atoms with Gasteiger partial charge >= 0.3 is 0 Å². The van der Waals surface area contributed by atoms with Gasteiger partial charge in [-0.3, -0.25) is 4.79 Å². The first-order valence-electron chi connectivity index (χ1n) is 8.61. The number of amides is 1. The summed E-state index contributed by atoms with van der Waals surface area (Å²) in [5.74, 6) is -0.0600. The molecule has 1 saturated carbocycles. The van der Waals surface area contributed by atoms with Gasteiger partial charge in [0.15, 0.2) is 9.84 Å². The van der Waals surface area contributed by atoms with Gasteiger partial charge in [0.05, 0.1) is 16.2 Å². The number of sulfone groups is 1. The maximum absolute atomic E-state index is 12.4. The fraction of sp³-hybridized carbons (Fsp3) is 0.611. The summed E-state index contributed by atoms with van der Waals surface area (Å²) < 4.78 is 24.6. The molecular weight excluding hydrogens is 326 g/mol. The molecule has 5 nitrogen and oxygen atoms in total. The SMILES string of the molecule is CC1CN(C(=O)CCS(=O)(=O)c2ccccc2)CC1(O)C1CCC1. The Morgan fingerprint density at radius 1 is 1.29 bits per heavy atom. The number of benzene rings is 1. The van der Waals surface area contributed by atoms with Gasteiger partial charge in [-0.15, -0.1) is 0 Å². The zero-order valence-corrected chi connectivity index (χ0v) is 14.8. The smallest absolute Gasteiger partial charge is 0.223 e. The van der Waals surface area contributed by atoms with Gasteiger partial charge in [-0.05, 0) is 30.9 Å². The largest absolute Gasteiger partial charge is 0.387 e. The Labute approximate surface area is 143 Å². The van der Waals surface area contributed by atoms with E-state index in [1.165, 1.54) is 0 Å². The maximum Gasteiger partial charge on any atom is 0.223 e. The Balaban J connectivity index is 1.60. The van der Waals surface area contributed by atoms with Gasteiger partial charge in [0.1, 0.15) is 0 Å². The number of hydrogen-bond donors (Lipinski definition) is 1. The van der Waals surface area contributed by atoms with Crippen LogP contribution in [0.1, 0.15) is 32.6 Å². The molecule has 0 spiro atoms. The van der Waals surface area contributed by atoms with Crippen molar-refractivity contribution >= 4 is 15.7 Å². The summed E-state index contributed by atoms with van der Waals surface area (Å²) in [6.45, 7) is 2.83. The lowest BCUT2D eigenvalue weighted by molar-refractivity contribution is -0.131. The molecule has 0 aromatic heterocycles. The van der Waals surface area contributed by atoms with E-state index in [9.17, 15) is 18.3 Å². The molecule has 1 aromatic carbocycles. The normalized spacial score (nSPS) is 27.9. The van der Waals surface area contributed by atoms with Gasteiger partial charge in [-0.2, -0.15) is 0 Å². The predicted octanol–water partition coefficient (Wildman–Crippen LogP) is 1.86. The highest BCUT2D eigenvalue weighted by molar-refractivity contribution is 7.91. The Bertz CT molecular complexity index is 699. The van der Waals surface area contributed by atoms with E-state index in [1.54, 1.807) is 35.2 Å². The van der Waals surface area contributed by atoms with Crippen molar-refractivity contribution in [2.75, 3.05) is 18.8 Å². The van der Waals surface area contributed by atoms with Crippen molar-refractivity contribution < 1.29 is 18.3 Å². The molecule has 6 heteroatoms. The molecule has 1 aliphatic heterocycles.